The van der Waals surface area contributed by atoms with Crippen molar-refractivity contribution >= 4 is 51.3 Å². The molecule has 0 saturated heterocycles. The van der Waals surface area contributed by atoms with Gasteiger partial charge >= 0.3 is 16.5 Å². The number of aromatic nitrogens is 2. The fraction of sp³-hybridized carbons (Fsp3) is 0. The third-order valence-electron chi connectivity index (χ3n) is 1.09. The summed E-state index contributed by atoms with van der Waals surface area (Å²) in [5.41, 5.74) is -0.396. The van der Waals surface area contributed by atoms with E-state index >= 15 is 0 Å². The molecule has 0 saturated carbocycles. The Balaban J connectivity index is 3.59. The molecule has 0 fully saturated rings. The lowest BCUT2D eigenvalue weighted by molar-refractivity contribution is 0.902. The van der Waals surface area contributed by atoms with Crippen LogP contribution in [0.4, 0.5) is 0 Å². The molecule has 0 aliphatic heterocycles. The molecule has 0 atom stereocenters. The van der Waals surface area contributed by atoms with E-state index in [1.165, 1.54) is 0 Å². The Hall–Kier alpha value is 0.282. The summed E-state index contributed by atoms with van der Waals surface area (Å²) in [5, 5.41) is 3.66. The van der Waals surface area contributed by atoms with Gasteiger partial charge in [0, 0.05) is 0 Å². The quantitative estimate of drug-likeness (QED) is 0.608. The highest BCUT2D eigenvalue weighted by Gasteiger charge is 2.09. The van der Waals surface area contributed by atoms with Crippen molar-refractivity contribution in [3.63, 3.8) is 0 Å². The predicted octanol–water partition coefficient (Wildman–Crippen LogP) is 0.600. The van der Waals surface area contributed by atoms with Crippen molar-refractivity contribution in [2.24, 2.45) is 0 Å². The first-order valence-corrected chi connectivity index (χ1v) is 4.64. The van der Waals surface area contributed by atoms with Crippen molar-refractivity contribution in [1.29, 1.82) is 0 Å². The van der Waals surface area contributed by atoms with Crippen LogP contribution in [0.1, 0.15) is 0 Å². The number of halogens is 3. The summed E-state index contributed by atoms with van der Waals surface area (Å²) in [5.74, 6) is 0. The van der Waals surface area contributed by atoms with E-state index in [-0.39, 0.29) is 15.2 Å². The van der Waals surface area contributed by atoms with Crippen molar-refractivity contribution in [1.82, 2.24) is 8.76 Å². The summed E-state index contributed by atoms with van der Waals surface area (Å²) in [6, 6.07) is 0. The average Bonchev–Trinajstić information content (AvgIpc) is 1.97. The van der Waals surface area contributed by atoms with Crippen LogP contribution in [0, 0.1) is 0 Å². The van der Waals surface area contributed by atoms with E-state index in [0.29, 0.717) is 16.5 Å². The van der Waals surface area contributed by atoms with E-state index in [1.807, 2.05) is 0 Å². The Morgan fingerprint density at radius 2 is 1.82 bits per heavy atom. The molecular weight excluding hydrogens is 225 g/mol. The molecule has 1 aromatic rings. The molecule has 11 heavy (non-hydrogen) atoms. The van der Waals surface area contributed by atoms with Crippen molar-refractivity contribution in [3.8, 4) is 0 Å². The van der Waals surface area contributed by atoms with Crippen molar-refractivity contribution in [2.75, 3.05) is 0 Å². The first-order valence-electron chi connectivity index (χ1n) is 2.62. The van der Waals surface area contributed by atoms with Gasteiger partial charge in [0.25, 0.3) is 5.56 Å². The van der Waals surface area contributed by atoms with Gasteiger partial charge < -0.3 is 3.67 Å². The highest BCUT2D eigenvalue weighted by molar-refractivity contribution is 6.47. The van der Waals surface area contributed by atoms with Crippen molar-refractivity contribution in [2.45, 2.75) is 0 Å². The summed E-state index contributed by atoms with van der Waals surface area (Å²) in [7, 11) is 0. The van der Waals surface area contributed by atoms with Crippen LogP contribution in [0.5, 0.6) is 0 Å². The first-order chi connectivity index (χ1) is 5.04. The number of nitrogens with zero attached hydrogens (tertiary/aromatic N) is 2. The van der Waals surface area contributed by atoms with Gasteiger partial charge in [-0.1, -0.05) is 34.8 Å². The van der Waals surface area contributed by atoms with Crippen LogP contribution >= 0.6 is 34.8 Å². The topological polar surface area (TPSA) is 34.9 Å². The second-order valence-corrected chi connectivity index (χ2v) is 3.81. The molecule has 1 aromatic heterocycles. The molecule has 0 amide bonds. The molecule has 7 heteroatoms. The monoisotopic (exact) mass is 226 g/mol. The minimum Gasteiger partial charge on any atom is -0.335 e. The van der Waals surface area contributed by atoms with Gasteiger partial charge in [-0.15, -0.1) is 0 Å². The Morgan fingerprint density at radius 1 is 1.27 bits per heavy atom. The van der Waals surface area contributed by atoms with Crippen molar-refractivity contribution < 1.29 is 0 Å². The Kier molecular flexibility index (Phi) is 2.85. The zero-order valence-corrected chi connectivity index (χ0v) is 9.70. The first kappa shape index (κ1) is 9.37. The van der Waals surface area contributed by atoms with Gasteiger partial charge in [-0.3, -0.25) is 4.79 Å². The van der Waals surface area contributed by atoms with Gasteiger partial charge in [0.05, 0.1) is 0 Å². The fourth-order valence-electron chi connectivity index (χ4n) is 0.548. The van der Waals surface area contributed by atoms with E-state index in [9.17, 15) is 4.79 Å². The minimum absolute atomic E-state index is 0.0189. The van der Waals surface area contributed by atoms with E-state index < -0.39 is 5.56 Å². The molecule has 1 rings (SSSR count). The van der Waals surface area contributed by atoms with Gasteiger partial charge in [0.2, 0.25) is 0 Å². The highest BCUT2D eigenvalue weighted by Crippen LogP contribution is 2.23. The van der Waals surface area contributed by atoms with Crippen LogP contribution in [0.2, 0.25) is 15.2 Å². The molecule has 3 nitrogen and oxygen atoms in total. The summed E-state index contributed by atoms with van der Waals surface area (Å²) in [4.78, 5) is 11.0. The zero-order valence-electron chi connectivity index (χ0n) is 5.44. The molecule has 0 aliphatic rings. The lowest BCUT2D eigenvalue weighted by atomic mass is 10.6. The van der Waals surface area contributed by atoms with Crippen LogP contribution in [-0.2, 0) is 0 Å². The predicted molar refractivity (Wildman–Crippen MR) is 47.5 cm³/mol. The Bertz CT molecular complexity index is 350. The van der Waals surface area contributed by atoms with Crippen LogP contribution in [-0.4, -0.2) is 25.3 Å². The molecule has 1 heterocycles. The van der Waals surface area contributed by atoms with Crippen LogP contribution in [0.3, 0.4) is 0 Å². The number of rotatable bonds is 0. The smallest absolute Gasteiger partial charge is 0.335 e. The third-order valence-corrected chi connectivity index (χ3v) is 2.88. The second-order valence-electron chi connectivity index (χ2n) is 1.85. The molecule has 58 valence electrons. The molecule has 0 unspecified atom stereocenters. The van der Waals surface area contributed by atoms with E-state index in [4.69, 9.17) is 34.8 Å². The summed E-state index contributed by atoms with van der Waals surface area (Å²) in [6.07, 6.45) is 0. The molecule has 0 spiro atoms. The van der Waals surface area contributed by atoms with Gasteiger partial charge in [0.1, 0.15) is 10.0 Å². The second kappa shape index (κ2) is 3.34. The lowest BCUT2D eigenvalue weighted by Crippen LogP contribution is -2.21. The maximum Gasteiger partial charge on any atom is 0.404 e. The van der Waals surface area contributed by atoms with E-state index in [1.54, 1.807) is 0 Å². The zero-order chi connectivity index (χ0) is 8.59. The maximum absolute atomic E-state index is 11.0. The molecule has 0 aromatic carbocycles. The maximum atomic E-state index is 11.0. The summed E-state index contributed by atoms with van der Waals surface area (Å²) in [6.45, 7) is 0. The van der Waals surface area contributed by atoms with Gasteiger partial charge in [-0.05, 0) is 0 Å². The molecular formula is C4H2AlCl3N2O. The minimum atomic E-state index is -0.396. The molecule has 0 aliphatic carbocycles. The third kappa shape index (κ3) is 1.71. The number of hydrogen-bond donors (Lipinski definition) is 0. The largest absolute Gasteiger partial charge is 0.404 e. The molecule has 0 radical (unpaired) electrons. The average molecular weight is 227 g/mol. The van der Waals surface area contributed by atoms with Gasteiger partial charge in [-0.25, -0.2) is 0 Å². The highest BCUT2D eigenvalue weighted by atomic mass is 35.5. The Morgan fingerprint density at radius 3 is 2.36 bits per heavy atom. The number of hydrogen-bond acceptors (Lipinski definition) is 2. The Labute approximate surface area is 85.5 Å². The van der Waals surface area contributed by atoms with Gasteiger partial charge in [-0.2, -0.15) is 5.10 Å². The van der Waals surface area contributed by atoms with Crippen molar-refractivity contribution in [3.05, 3.63) is 25.6 Å². The van der Waals surface area contributed by atoms with E-state index in [2.05, 4.69) is 5.10 Å². The van der Waals surface area contributed by atoms with Crippen LogP contribution < -0.4 is 5.56 Å². The lowest BCUT2D eigenvalue weighted by Gasteiger charge is -2.00. The van der Waals surface area contributed by atoms with Crippen LogP contribution in [0.25, 0.3) is 0 Å². The van der Waals surface area contributed by atoms with Gasteiger partial charge in [0.15, 0.2) is 5.15 Å². The summed E-state index contributed by atoms with van der Waals surface area (Å²) >= 11 is 17.0. The van der Waals surface area contributed by atoms with E-state index in [0.717, 1.165) is 3.67 Å². The molecule has 0 N–H and O–H groups in total. The standard InChI is InChI=1S/C4HCl3N2O.Al.2H/c5-1-2(6)4(10)9-8-3(1)7;;;/h(H,9,10);;;/q;+1;;/p-1. The fourth-order valence-corrected chi connectivity index (χ4v) is 1.83. The molecule has 0 bridgehead atoms. The SMILES string of the molecule is O=c1c(Cl)c(Cl)c(Cl)n[n]1[AlH2]. The summed E-state index contributed by atoms with van der Waals surface area (Å²) < 4.78 is 1.16. The normalized spacial score (nSPS) is 10.1. The van der Waals surface area contributed by atoms with Crippen LogP contribution in [0.15, 0.2) is 4.79 Å².